The lowest BCUT2D eigenvalue weighted by molar-refractivity contribution is -0.678. The molecule has 0 aliphatic rings. The van der Waals surface area contributed by atoms with Crippen molar-refractivity contribution in [3.05, 3.63) is 18.2 Å². The number of hydrogen-bond donors (Lipinski definition) is 0. The van der Waals surface area contributed by atoms with Gasteiger partial charge in [-0.05, 0) is 19.3 Å². The first-order valence-corrected chi connectivity index (χ1v) is 10.3. The van der Waals surface area contributed by atoms with Crippen molar-refractivity contribution in [2.75, 3.05) is 0 Å². The molecular weight excluding hydrogens is 280 g/mol. The van der Waals surface area contributed by atoms with E-state index in [2.05, 4.69) is 42.4 Å². The Labute approximate surface area is 145 Å². The lowest BCUT2D eigenvalue weighted by atomic mass is 10.1. The first-order chi connectivity index (χ1) is 11.3. The molecule has 0 fully saturated rings. The molecule has 1 aromatic rings. The van der Waals surface area contributed by atoms with E-state index in [0.717, 1.165) is 0 Å². The molecule has 0 aliphatic carbocycles. The van der Waals surface area contributed by atoms with Gasteiger partial charge >= 0.3 is 0 Å². The first-order valence-electron chi connectivity index (χ1n) is 10.3. The van der Waals surface area contributed by atoms with Crippen LogP contribution in [0.4, 0.5) is 0 Å². The summed E-state index contributed by atoms with van der Waals surface area (Å²) in [6.07, 6.45) is 23.8. The van der Waals surface area contributed by atoms with Crippen LogP contribution in [0, 0.1) is 0 Å². The number of aryl methyl sites for hydroxylation is 2. The van der Waals surface area contributed by atoms with Crippen LogP contribution in [0.25, 0.3) is 0 Å². The van der Waals surface area contributed by atoms with Gasteiger partial charge in [0.25, 0.3) is 5.82 Å². The van der Waals surface area contributed by atoms with Gasteiger partial charge in [-0.25, -0.2) is 9.13 Å². The Morgan fingerprint density at radius 2 is 1.26 bits per heavy atom. The highest BCUT2D eigenvalue weighted by Gasteiger charge is 2.13. The molecule has 23 heavy (non-hydrogen) atoms. The minimum absolute atomic E-state index is 1.21. The molecule has 0 radical (unpaired) electrons. The maximum atomic E-state index is 2.50. The van der Waals surface area contributed by atoms with Gasteiger partial charge in [0.15, 0.2) is 0 Å². The van der Waals surface area contributed by atoms with Crippen LogP contribution in [0.1, 0.15) is 103 Å². The quantitative estimate of drug-likeness (QED) is 0.278. The van der Waals surface area contributed by atoms with Crippen LogP contribution in [0.5, 0.6) is 0 Å². The summed E-state index contributed by atoms with van der Waals surface area (Å²) < 4.78 is 4.82. The van der Waals surface area contributed by atoms with Gasteiger partial charge in [-0.2, -0.15) is 0 Å². The second-order valence-corrected chi connectivity index (χ2v) is 7.16. The maximum absolute atomic E-state index is 2.50. The monoisotopic (exact) mass is 321 g/mol. The minimum Gasteiger partial charge on any atom is -0.237 e. The van der Waals surface area contributed by atoms with Gasteiger partial charge in [0.2, 0.25) is 0 Å². The van der Waals surface area contributed by atoms with Crippen molar-refractivity contribution in [3.8, 4) is 0 Å². The van der Waals surface area contributed by atoms with Crippen LogP contribution < -0.4 is 4.57 Å². The molecule has 0 saturated heterocycles. The zero-order valence-corrected chi connectivity index (χ0v) is 16.2. The van der Waals surface area contributed by atoms with Crippen LogP contribution in [-0.4, -0.2) is 4.57 Å². The maximum Gasteiger partial charge on any atom is 0.256 e. The third kappa shape index (κ3) is 9.17. The number of nitrogens with zero attached hydrogens (tertiary/aromatic N) is 2. The smallest absolute Gasteiger partial charge is 0.237 e. The highest BCUT2D eigenvalue weighted by Crippen LogP contribution is 2.11. The number of imidazole rings is 1. The van der Waals surface area contributed by atoms with Gasteiger partial charge in [-0.15, -0.1) is 0 Å². The van der Waals surface area contributed by atoms with Crippen molar-refractivity contribution >= 4 is 0 Å². The summed E-state index contributed by atoms with van der Waals surface area (Å²) >= 11 is 0. The standard InChI is InChI=1S/C21H41N2/c1-4-6-8-10-12-13-15-17-21-22(3)19-20-23(21)18-16-14-11-9-7-5-2/h19-20H,4-18H2,1-3H3/q+1. The van der Waals surface area contributed by atoms with Crippen molar-refractivity contribution in [2.24, 2.45) is 7.05 Å². The molecule has 1 aromatic heterocycles. The van der Waals surface area contributed by atoms with E-state index in [1.165, 1.54) is 102 Å². The Bertz CT molecular complexity index is 381. The molecular formula is C21H41N2+. The van der Waals surface area contributed by atoms with E-state index in [9.17, 15) is 0 Å². The summed E-state index contributed by atoms with van der Waals surface area (Å²) in [4.78, 5) is 0. The normalized spacial score (nSPS) is 11.3. The van der Waals surface area contributed by atoms with Crippen LogP contribution in [-0.2, 0) is 20.0 Å². The average Bonchev–Trinajstić information content (AvgIpc) is 2.90. The SMILES string of the molecule is CCCCCCCCCc1n(CCCCCCCC)cc[n+]1C. The van der Waals surface area contributed by atoms with Crippen molar-refractivity contribution in [2.45, 2.75) is 110 Å². The molecule has 0 atom stereocenters. The zero-order valence-electron chi connectivity index (χ0n) is 16.2. The molecule has 0 bridgehead atoms. The molecule has 0 aliphatic heterocycles. The number of unbranched alkanes of at least 4 members (excludes halogenated alkanes) is 11. The fourth-order valence-corrected chi connectivity index (χ4v) is 3.38. The average molecular weight is 322 g/mol. The lowest BCUT2D eigenvalue weighted by Crippen LogP contribution is -2.32. The summed E-state index contributed by atoms with van der Waals surface area (Å²) in [5.41, 5.74) is 0. The van der Waals surface area contributed by atoms with Crippen molar-refractivity contribution in [3.63, 3.8) is 0 Å². The Kier molecular flexibility index (Phi) is 12.0. The molecule has 0 N–H and O–H groups in total. The molecule has 134 valence electrons. The predicted octanol–water partition coefficient (Wildman–Crippen LogP) is 5.97. The van der Waals surface area contributed by atoms with Crippen LogP contribution in [0.15, 0.2) is 12.4 Å². The van der Waals surface area contributed by atoms with Crippen LogP contribution in [0.2, 0.25) is 0 Å². The van der Waals surface area contributed by atoms with Gasteiger partial charge in [-0.1, -0.05) is 78.1 Å². The predicted molar refractivity (Wildman–Crippen MR) is 101 cm³/mol. The number of rotatable bonds is 15. The molecule has 0 aromatic carbocycles. The van der Waals surface area contributed by atoms with E-state index in [0.29, 0.717) is 0 Å². The number of hydrogen-bond acceptors (Lipinski definition) is 0. The third-order valence-electron chi connectivity index (χ3n) is 4.97. The van der Waals surface area contributed by atoms with Crippen LogP contribution >= 0.6 is 0 Å². The van der Waals surface area contributed by atoms with E-state index in [4.69, 9.17) is 0 Å². The fraction of sp³-hybridized carbons (Fsp3) is 0.857. The van der Waals surface area contributed by atoms with E-state index in [1.54, 1.807) is 0 Å². The molecule has 0 amide bonds. The second kappa shape index (κ2) is 13.6. The molecule has 2 heteroatoms. The summed E-state index contributed by atoms with van der Waals surface area (Å²) in [6, 6.07) is 0. The first kappa shape index (κ1) is 20.3. The molecule has 0 saturated carbocycles. The summed E-state index contributed by atoms with van der Waals surface area (Å²) in [6.45, 7) is 5.78. The molecule has 1 rings (SSSR count). The third-order valence-corrected chi connectivity index (χ3v) is 4.97. The highest BCUT2D eigenvalue weighted by atomic mass is 15.1. The van der Waals surface area contributed by atoms with Crippen LogP contribution in [0.3, 0.4) is 0 Å². The van der Waals surface area contributed by atoms with E-state index >= 15 is 0 Å². The van der Waals surface area contributed by atoms with Gasteiger partial charge in [-0.3, -0.25) is 0 Å². The summed E-state index contributed by atoms with van der Waals surface area (Å²) in [5, 5.41) is 0. The van der Waals surface area contributed by atoms with Gasteiger partial charge in [0.1, 0.15) is 12.4 Å². The summed E-state index contributed by atoms with van der Waals surface area (Å²) in [7, 11) is 2.20. The van der Waals surface area contributed by atoms with Gasteiger partial charge in [0, 0.05) is 6.42 Å². The Balaban J connectivity index is 2.18. The molecule has 0 spiro atoms. The largest absolute Gasteiger partial charge is 0.256 e. The zero-order chi connectivity index (χ0) is 16.8. The Morgan fingerprint density at radius 3 is 1.87 bits per heavy atom. The van der Waals surface area contributed by atoms with Crippen molar-refractivity contribution < 1.29 is 4.57 Å². The second-order valence-electron chi connectivity index (χ2n) is 7.16. The van der Waals surface area contributed by atoms with Gasteiger partial charge in [0.05, 0.1) is 13.6 Å². The van der Waals surface area contributed by atoms with E-state index in [-0.39, 0.29) is 0 Å². The summed E-state index contributed by atoms with van der Waals surface area (Å²) in [5.74, 6) is 1.52. The molecule has 1 heterocycles. The molecule has 0 unspecified atom stereocenters. The molecule has 2 nitrogen and oxygen atoms in total. The Hall–Kier alpha value is -0.790. The van der Waals surface area contributed by atoms with Gasteiger partial charge < -0.3 is 0 Å². The highest BCUT2D eigenvalue weighted by molar-refractivity contribution is 4.84. The fourth-order valence-electron chi connectivity index (χ4n) is 3.38. The topological polar surface area (TPSA) is 8.81 Å². The van der Waals surface area contributed by atoms with Crippen molar-refractivity contribution in [1.29, 1.82) is 0 Å². The van der Waals surface area contributed by atoms with E-state index in [1.807, 2.05) is 0 Å². The van der Waals surface area contributed by atoms with Crippen molar-refractivity contribution in [1.82, 2.24) is 4.57 Å². The Morgan fingerprint density at radius 1 is 0.739 bits per heavy atom. The van der Waals surface area contributed by atoms with E-state index < -0.39 is 0 Å². The minimum atomic E-state index is 1.21. The lowest BCUT2D eigenvalue weighted by Gasteiger charge is -2.04. The number of aromatic nitrogens is 2.